The van der Waals surface area contributed by atoms with Gasteiger partial charge in [0.05, 0.1) is 13.5 Å². The van der Waals surface area contributed by atoms with Crippen molar-refractivity contribution >= 4 is 5.78 Å². The maximum Gasteiger partial charge on any atom is 0.167 e. The van der Waals surface area contributed by atoms with Gasteiger partial charge >= 0.3 is 0 Å². The van der Waals surface area contributed by atoms with Crippen molar-refractivity contribution in [2.75, 3.05) is 20.3 Å². The van der Waals surface area contributed by atoms with E-state index in [0.717, 1.165) is 5.75 Å². The number of carbonyl (C=O) groups excluding carboxylic acids is 1. The highest BCUT2D eigenvalue weighted by atomic mass is 16.7. The quantitative estimate of drug-likeness (QED) is 0.527. The van der Waals surface area contributed by atoms with Crippen LogP contribution in [0.15, 0.2) is 24.3 Å². The van der Waals surface area contributed by atoms with Crippen LogP contribution in [0.3, 0.4) is 0 Å². The zero-order chi connectivity index (χ0) is 13.4. The minimum atomic E-state index is -0.463. The summed E-state index contributed by atoms with van der Waals surface area (Å²) in [7, 11) is 1.59. The van der Waals surface area contributed by atoms with Crippen LogP contribution in [0, 0.1) is 0 Å². The van der Waals surface area contributed by atoms with Gasteiger partial charge in [0.2, 0.25) is 0 Å². The van der Waals surface area contributed by atoms with Gasteiger partial charge in [-0.05, 0) is 38.1 Å². The smallest absolute Gasteiger partial charge is 0.167 e. The van der Waals surface area contributed by atoms with E-state index in [2.05, 4.69) is 0 Å². The van der Waals surface area contributed by atoms with Gasteiger partial charge in [-0.2, -0.15) is 0 Å². The Morgan fingerprint density at radius 1 is 1.11 bits per heavy atom. The lowest BCUT2D eigenvalue weighted by Crippen LogP contribution is -2.21. The van der Waals surface area contributed by atoms with Crippen molar-refractivity contribution in [1.29, 1.82) is 0 Å². The van der Waals surface area contributed by atoms with Crippen LogP contribution < -0.4 is 4.74 Å². The Balaban J connectivity index is 2.61. The molecule has 18 heavy (non-hydrogen) atoms. The van der Waals surface area contributed by atoms with Gasteiger partial charge in [-0.3, -0.25) is 4.79 Å². The summed E-state index contributed by atoms with van der Waals surface area (Å²) in [6.45, 7) is 4.81. The summed E-state index contributed by atoms with van der Waals surface area (Å²) in [5, 5.41) is 0. The highest BCUT2D eigenvalue weighted by Gasteiger charge is 2.15. The first-order valence-electron chi connectivity index (χ1n) is 6.11. The lowest BCUT2D eigenvalue weighted by atomic mass is 10.1. The molecule has 100 valence electrons. The van der Waals surface area contributed by atoms with Crippen molar-refractivity contribution < 1.29 is 19.0 Å². The van der Waals surface area contributed by atoms with Crippen LogP contribution in [0.4, 0.5) is 0 Å². The molecule has 0 aliphatic rings. The second-order valence-electron chi connectivity index (χ2n) is 3.70. The fraction of sp³-hybridized carbons (Fsp3) is 0.500. The van der Waals surface area contributed by atoms with Crippen molar-refractivity contribution in [1.82, 2.24) is 0 Å². The van der Waals surface area contributed by atoms with E-state index in [1.165, 1.54) is 0 Å². The highest BCUT2D eigenvalue weighted by molar-refractivity contribution is 5.96. The first-order chi connectivity index (χ1) is 8.71. The fourth-order valence-electron chi connectivity index (χ4n) is 1.58. The molecule has 0 aliphatic carbocycles. The number of ketones is 1. The van der Waals surface area contributed by atoms with Crippen molar-refractivity contribution in [3.8, 4) is 5.75 Å². The van der Waals surface area contributed by atoms with E-state index >= 15 is 0 Å². The predicted molar refractivity (Wildman–Crippen MR) is 69.0 cm³/mol. The van der Waals surface area contributed by atoms with Crippen molar-refractivity contribution in [3.63, 3.8) is 0 Å². The Morgan fingerprint density at radius 2 is 1.67 bits per heavy atom. The van der Waals surface area contributed by atoms with E-state index in [0.29, 0.717) is 18.8 Å². The maximum absolute atomic E-state index is 12.0. The highest BCUT2D eigenvalue weighted by Crippen LogP contribution is 2.14. The summed E-state index contributed by atoms with van der Waals surface area (Å²) in [6, 6.07) is 7.03. The maximum atomic E-state index is 12.0. The summed E-state index contributed by atoms with van der Waals surface area (Å²) in [4.78, 5) is 12.0. The Morgan fingerprint density at radius 3 is 2.11 bits per heavy atom. The number of Topliss-reactive ketones (excluding diaryl/α,β-unsaturated/α-hetero) is 1. The average molecular weight is 252 g/mol. The molecule has 0 aliphatic heterocycles. The van der Waals surface area contributed by atoms with E-state index in [4.69, 9.17) is 14.2 Å². The standard InChI is InChI=1S/C14H20O4/c1-4-17-14(18-5-2)10-13(15)11-6-8-12(16-3)9-7-11/h6-9,14H,4-5,10H2,1-3H3. The largest absolute Gasteiger partial charge is 0.497 e. The number of carbonyl (C=O) groups is 1. The molecule has 0 bridgehead atoms. The molecule has 0 N–H and O–H groups in total. The molecule has 0 saturated carbocycles. The molecule has 4 heteroatoms. The minimum Gasteiger partial charge on any atom is -0.497 e. The van der Waals surface area contributed by atoms with Crippen LogP contribution in [-0.2, 0) is 9.47 Å². The summed E-state index contributed by atoms with van der Waals surface area (Å²) >= 11 is 0. The van der Waals surface area contributed by atoms with Crippen LogP contribution in [0.1, 0.15) is 30.6 Å². The molecule has 0 aromatic heterocycles. The number of hydrogen-bond donors (Lipinski definition) is 0. The van der Waals surface area contributed by atoms with E-state index in [1.807, 2.05) is 13.8 Å². The SMILES string of the molecule is CCOC(CC(=O)c1ccc(OC)cc1)OCC. The van der Waals surface area contributed by atoms with Crippen LogP contribution in [-0.4, -0.2) is 32.4 Å². The molecule has 0 saturated heterocycles. The minimum absolute atomic E-state index is 0.00422. The summed E-state index contributed by atoms with van der Waals surface area (Å²) < 4.78 is 15.7. The normalized spacial score (nSPS) is 10.7. The van der Waals surface area contributed by atoms with Crippen LogP contribution in [0.2, 0.25) is 0 Å². The molecule has 1 aromatic carbocycles. The van der Waals surface area contributed by atoms with Gasteiger partial charge in [-0.1, -0.05) is 0 Å². The summed E-state index contributed by atoms with van der Waals surface area (Å²) in [6.07, 6.45) is -0.233. The zero-order valence-corrected chi connectivity index (χ0v) is 11.1. The molecule has 1 rings (SSSR count). The Kier molecular flexibility index (Phi) is 6.39. The molecule has 0 unspecified atom stereocenters. The molecule has 0 atom stereocenters. The topological polar surface area (TPSA) is 44.8 Å². The van der Waals surface area contributed by atoms with Crippen LogP contribution >= 0.6 is 0 Å². The van der Waals surface area contributed by atoms with Crippen molar-refractivity contribution in [2.24, 2.45) is 0 Å². The molecule has 0 fully saturated rings. The third kappa shape index (κ3) is 4.47. The lowest BCUT2D eigenvalue weighted by Gasteiger charge is -2.16. The summed E-state index contributed by atoms with van der Waals surface area (Å²) in [5.41, 5.74) is 0.639. The number of methoxy groups -OCH3 is 1. The van der Waals surface area contributed by atoms with Gasteiger partial charge < -0.3 is 14.2 Å². The van der Waals surface area contributed by atoms with Crippen LogP contribution in [0.25, 0.3) is 0 Å². The lowest BCUT2D eigenvalue weighted by molar-refractivity contribution is -0.133. The Bertz CT molecular complexity index is 353. The van der Waals surface area contributed by atoms with E-state index in [9.17, 15) is 4.79 Å². The first kappa shape index (κ1) is 14.7. The fourth-order valence-corrected chi connectivity index (χ4v) is 1.58. The van der Waals surface area contributed by atoms with Gasteiger partial charge in [0, 0.05) is 18.8 Å². The van der Waals surface area contributed by atoms with Gasteiger partial charge in [0.1, 0.15) is 5.75 Å². The second-order valence-corrected chi connectivity index (χ2v) is 3.70. The molecular formula is C14H20O4. The van der Waals surface area contributed by atoms with Crippen molar-refractivity contribution in [3.05, 3.63) is 29.8 Å². The van der Waals surface area contributed by atoms with Gasteiger partial charge in [-0.15, -0.1) is 0 Å². The molecule has 1 aromatic rings. The van der Waals surface area contributed by atoms with E-state index in [-0.39, 0.29) is 12.2 Å². The second kappa shape index (κ2) is 7.84. The van der Waals surface area contributed by atoms with E-state index < -0.39 is 6.29 Å². The number of hydrogen-bond acceptors (Lipinski definition) is 4. The third-order valence-electron chi connectivity index (χ3n) is 2.47. The summed E-state index contributed by atoms with van der Waals surface area (Å²) in [5.74, 6) is 0.738. The van der Waals surface area contributed by atoms with E-state index in [1.54, 1.807) is 31.4 Å². The Labute approximate surface area is 108 Å². The zero-order valence-electron chi connectivity index (χ0n) is 11.1. The average Bonchev–Trinajstić information content (AvgIpc) is 2.39. The number of ether oxygens (including phenoxy) is 3. The van der Waals surface area contributed by atoms with Crippen LogP contribution in [0.5, 0.6) is 5.75 Å². The van der Waals surface area contributed by atoms with Gasteiger partial charge in [-0.25, -0.2) is 0 Å². The predicted octanol–water partition coefficient (Wildman–Crippen LogP) is 2.67. The Hall–Kier alpha value is -1.39. The number of benzene rings is 1. The molecule has 0 radical (unpaired) electrons. The molecule has 0 amide bonds. The number of rotatable bonds is 8. The monoisotopic (exact) mass is 252 g/mol. The van der Waals surface area contributed by atoms with Crippen molar-refractivity contribution in [2.45, 2.75) is 26.6 Å². The molecule has 0 spiro atoms. The third-order valence-corrected chi connectivity index (χ3v) is 2.47. The molecular weight excluding hydrogens is 232 g/mol. The molecule has 4 nitrogen and oxygen atoms in total. The van der Waals surface area contributed by atoms with Gasteiger partial charge in [0.15, 0.2) is 12.1 Å². The first-order valence-corrected chi connectivity index (χ1v) is 6.11. The van der Waals surface area contributed by atoms with Gasteiger partial charge in [0.25, 0.3) is 0 Å². The molecule has 0 heterocycles.